The molecule has 0 unspecified atom stereocenters. The number of hydrogen-bond acceptors (Lipinski definition) is 8. The molecule has 8 heteroatoms. The standard InChI is InChI=1S/C25H34N2O6/c1-4-18(24(30)32-6-3)22(26)20(28)14-10-11-15-21(29)23(27)19(5-2)25(31)33-16-17-12-8-7-9-13-17/h7-9,12-13,18-19,26-27H,4-6,10-11,14-16H2,1-3H3/t18-,19-/m1/s1. The van der Waals surface area contributed by atoms with Crippen LogP contribution < -0.4 is 0 Å². The van der Waals surface area contributed by atoms with E-state index in [9.17, 15) is 19.2 Å². The number of benzene rings is 1. The summed E-state index contributed by atoms with van der Waals surface area (Å²) in [5.41, 5.74) is 0.257. The summed E-state index contributed by atoms with van der Waals surface area (Å²) in [6.45, 7) is 5.35. The molecule has 0 bridgehead atoms. The Morgan fingerprint density at radius 1 is 0.758 bits per heavy atom. The van der Waals surface area contributed by atoms with Gasteiger partial charge in [-0.3, -0.25) is 19.2 Å². The van der Waals surface area contributed by atoms with Gasteiger partial charge in [0, 0.05) is 12.8 Å². The zero-order valence-corrected chi connectivity index (χ0v) is 19.6. The van der Waals surface area contributed by atoms with E-state index in [1.54, 1.807) is 20.8 Å². The minimum Gasteiger partial charge on any atom is -0.465 e. The SMILES string of the molecule is CCOC(=O)[C@H](CC)C(=N)C(=O)CCCCC(=O)C(=N)[C@@H](CC)C(=O)OCc1ccccc1. The van der Waals surface area contributed by atoms with Crippen LogP contribution in [0.15, 0.2) is 30.3 Å². The van der Waals surface area contributed by atoms with Crippen molar-refractivity contribution in [2.45, 2.75) is 65.9 Å². The Bertz CT molecular complexity index is 850. The molecule has 0 aliphatic carbocycles. The van der Waals surface area contributed by atoms with Crippen LogP contribution in [0, 0.1) is 22.7 Å². The number of carbonyl (C=O) groups is 4. The van der Waals surface area contributed by atoms with Gasteiger partial charge in [-0.1, -0.05) is 44.2 Å². The summed E-state index contributed by atoms with van der Waals surface area (Å²) in [6.07, 6.45) is 1.32. The molecule has 2 N–H and O–H groups in total. The Morgan fingerprint density at radius 2 is 1.21 bits per heavy atom. The Labute approximate surface area is 195 Å². The van der Waals surface area contributed by atoms with E-state index in [0.29, 0.717) is 19.3 Å². The molecule has 0 radical (unpaired) electrons. The average Bonchev–Trinajstić information content (AvgIpc) is 2.81. The van der Waals surface area contributed by atoms with Crippen molar-refractivity contribution in [2.24, 2.45) is 11.8 Å². The van der Waals surface area contributed by atoms with Crippen LogP contribution in [0.1, 0.15) is 64.9 Å². The smallest absolute Gasteiger partial charge is 0.315 e. The lowest BCUT2D eigenvalue weighted by Crippen LogP contribution is -2.31. The Hall–Kier alpha value is -3.16. The molecule has 33 heavy (non-hydrogen) atoms. The van der Waals surface area contributed by atoms with E-state index in [2.05, 4.69) is 0 Å². The number of Topliss-reactive ketones (excluding diaryl/α,β-unsaturated/α-hetero) is 2. The highest BCUT2D eigenvalue weighted by Gasteiger charge is 2.29. The third-order valence-electron chi connectivity index (χ3n) is 5.25. The van der Waals surface area contributed by atoms with Crippen molar-refractivity contribution in [1.29, 1.82) is 10.8 Å². The summed E-state index contributed by atoms with van der Waals surface area (Å²) in [7, 11) is 0. The highest BCUT2D eigenvalue weighted by molar-refractivity contribution is 6.43. The van der Waals surface area contributed by atoms with Gasteiger partial charge in [-0.2, -0.15) is 0 Å². The molecule has 0 aliphatic rings. The second-order valence-corrected chi connectivity index (χ2v) is 7.65. The second-order valence-electron chi connectivity index (χ2n) is 7.65. The van der Waals surface area contributed by atoms with Crippen LogP contribution in [-0.4, -0.2) is 41.5 Å². The molecular weight excluding hydrogens is 424 g/mol. The summed E-state index contributed by atoms with van der Waals surface area (Å²) in [5, 5.41) is 16.1. The summed E-state index contributed by atoms with van der Waals surface area (Å²) in [4.78, 5) is 48.9. The van der Waals surface area contributed by atoms with E-state index in [-0.39, 0.29) is 43.9 Å². The fourth-order valence-electron chi connectivity index (χ4n) is 3.28. The zero-order valence-electron chi connectivity index (χ0n) is 19.6. The van der Waals surface area contributed by atoms with Crippen LogP contribution in [-0.2, 0) is 35.3 Å². The first-order valence-corrected chi connectivity index (χ1v) is 11.4. The predicted molar refractivity (Wildman–Crippen MR) is 124 cm³/mol. The zero-order chi connectivity index (χ0) is 24.8. The van der Waals surface area contributed by atoms with Crippen LogP contribution in [0.3, 0.4) is 0 Å². The van der Waals surface area contributed by atoms with E-state index in [0.717, 1.165) is 5.56 Å². The van der Waals surface area contributed by atoms with Gasteiger partial charge in [0.25, 0.3) is 0 Å². The number of carbonyl (C=O) groups excluding carboxylic acids is 4. The average molecular weight is 459 g/mol. The predicted octanol–water partition coefficient (Wildman–Crippen LogP) is 4.08. The van der Waals surface area contributed by atoms with E-state index < -0.39 is 35.3 Å². The minimum atomic E-state index is -0.925. The largest absolute Gasteiger partial charge is 0.465 e. The van der Waals surface area contributed by atoms with Gasteiger partial charge in [0.15, 0.2) is 11.6 Å². The van der Waals surface area contributed by atoms with E-state index in [1.165, 1.54) is 0 Å². The summed E-state index contributed by atoms with van der Waals surface area (Å²) >= 11 is 0. The van der Waals surface area contributed by atoms with Crippen molar-refractivity contribution in [3.8, 4) is 0 Å². The molecule has 0 saturated carbocycles. The molecule has 0 aliphatic heterocycles. The van der Waals surface area contributed by atoms with Crippen molar-refractivity contribution < 1.29 is 28.7 Å². The normalized spacial score (nSPS) is 12.3. The summed E-state index contributed by atoms with van der Waals surface area (Å²) < 4.78 is 10.2. The maximum Gasteiger partial charge on any atom is 0.315 e. The van der Waals surface area contributed by atoms with Crippen molar-refractivity contribution >= 4 is 34.9 Å². The van der Waals surface area contributed by atoms with Crippen LogP contribution in [0.5, 0.6) is 0 Å². The first-order valence-electron chi connectivity index (χ1n) is 11.4. The molecule has 1 aromatic carbocycles. The topological polar surface area (TPSA) is 134 Å². The number of ketones is 2. The van der Waals surface area contributed by atoms with E-state index in [1.807, 2.05) is 30.3 Å². The molecule has 0 amide bonds. The van der Waals surface area contributed by atoms with Gasteiger partial charge >= 0.3 is 11.9 Å². The maximum absolute atomic E-state index is 12.4. The third-order valence-corrected chi connectivity index (χ3v) is 5.25. The van der Waals surface area contributed by atoms with E-state index in [4.69, 9.17) is 20.3 Å². The third kappa shape index (κ3) is 9.08. The lowest BCUT2D eigenvalue weighted by Gasteiger charge is -2.15. The Morgan fingerprint density at radius 3 is 1.64 bits per heavy atom. The highest BCUT2D eigenvalue weighted by Crippen LogP contribution is 2.15. The lowest BCUT2D eigenvalue weighted by molar-refractivity contribution is -0.148. The fraction of sp³-hybridized carbons (Fsp3) is 0.520. The molecule has 0 spiro atoms. The van der Waals surface area contributed by atoms with Crippen molar-refractivity contribution in [3.05, 3.63) is 35.9 Å². The van der Waals surface area contributed by atoms with Crippen LogP contribution in [0.4, 0.5) is 0 Å². The number of esters is 2. The van der Waals surface area contributed by atoms with Crippen LogP contribution in [0.2, 0.25) is 0 Å². The Kier molecular flexibility index (Phi) is 12.5. The highest BCUT2D eigenvalue weighted by atomic mass is 16.5. The number of nitrogens with one attached hydrogen (secondary N) is 2. The molecule has 0 fully saturated rings. The molecule has 0 heterocycles. The van der Waals surface area contributed by atoms with Gasteiger partial charge in [0.2, 0.25) is 0 Å². The van der Waals surface area contributed by atoms with Crippen LogP contribution in [0.25, 0.3) is 0 Å². The molecule has 180 valence electrons. The van der Waals surface area contributed by atoms with Gasteiger partial charge < -0.3 is 20.3 Å². The van der Waals surface area contributed by atoms with E-state index >= 15 is 0 Å². The number of unbranched alkanes of at least 4 members (excludes halogenated alkanes) is 1. The molecule has 8 nitrogen and oxygen atoms in total. The maximum atomic E-state index is 12.4. The number of rotatable bonds is 16. The quantitative estimate of drug-likeness (QED) is 0.218. The fourth-order valence-corrected chi connectivity index (χ4v) is 3.28. The monoisotopic (exact) mass is 458 g/mol. The van der Waals surface area contributed by atoms with Crippen molar-refractivity contribution in [2.75, 3.05) is 6.61 Å². The van der Waals surface area contributed by atoms with Gasteiger partial charge in [-0.25, -0.2) is 0 Å². The molecule has 0 saturated heterocycles. The molecule has 2 atom stereocenters. The molecule has 1 rings (SSSR count). The summed E-state index contributed by atoms with van der Waals surface area (Å²) in [6, 6.07) is 9.16. The molecule has 1 aromatic rings. The van der Waals surface area contributed by atoms with Gasteiger partial charge in [0.05, 0.1) is 18.0 Å². The van der Waals surface area contributed by atoms with Crippen molar-refractivity contribution in [3.63, 3.8) is 0 Å². The van der Waals surface area contributed by atoms with Gasteiger partial charge in [-0.15, -0.1) is 0 Å². The lowest BCUT2D eigenvalue weighted by atomic mass is 9.93. The van der Waals surface area contributed by atoms with Gasteiger partial charge in [-0.05, 0) is 38.2 Å². The minimum absolute atomic E-state index is 0.0248. The molecule has 0 aromatic heterocycles. The van der Waals surface area contributed by atoms with Crippen molar-refractivity contribution in [1.82, 2.24) is 0 Å². The number of hydrogen-bond donors (Lipinski definition) is 2. The molecular formula is C25H34N2O6. The first-order chi connectivity index (χ1) is 15.8. The van der Waals surface area contributed by atoms with Gasteiger partial charge in [0.1, 0.15) is 18.4 Å². The Balaban J connectivity index is 2.47. The number of ether oxygens (including phenoxy) is 2. The van der Waals surface area contributed by atoms with Crippen LogP contribution >= 0.6 is 0 Å². The second kappa shape index (κ2) is 14.8. The summed E-state index contributed by atoms with van der Waals surface area (Å²) in [5.74, 6) is -3.89. The first kappa shape index (κ1) is 27.9.